The summed E-state index contributed by atoms with van der Waals surface area (Å²) in [5.41, 5.74) is 0.969. The molecular weight excluding hydrogens is 263 g/mol. The molecule has 3 heteroatoms. The summed E-state index contributed by atoms with van der Waals surface area (Å²) >= 11 is 0. The normalized spacial score (nSPS) is 26.1. The van der Waals surface area contributed by atoms with Crippen molar-refractivity contribution in [3.8, 4) is 0 Å². The smallest absolute Gasteiger partial charge is 0.125 e. The molecule has 1 aliphatic rings. The summed E-state index contributed by atoms with van der Waals surface area (Å²) in [6.07, 6.45) is 3.84. The Morgan fingerprint density at radius 3 is 2.71 bits per heavy atom. The topological polar surface area (TPSA) is 15.3 Å². The Balaban J connectivity index is 2.04. The van der Waals surface area contributed by atoms with Crippen LogP contribution in [-0.4, -0.2) is 26.7 Å². The number of rotatable bonds is 5. The minimum Gasteiger partial charge on any atom is -0.374 e. The van der Waals surface area contributed by atoms with E-state index in [0.717, 1.165) is 24.1 Å². The highest BCUT2D eigenvalue weighted by molar-refractivity contribution is 5.45. The van der Waals surface area contributed by atoms with Crippen molar-refractivity contribution in [1.29, 1.82) is 0 Å². The number of hydrogen-bond acceptors (Lipinski definition) is 2. The number of nitrogens with one attached hydrogen (secondary N) is 1. The molecule has 3 unspecified atom stereocenters. The largest absolute Gasteiger partial charge is 0.374 e. The highest BCUT2D eigenvalue weighted by atomic mass is 19.1. The van der Waals surface area contributed by atoms with Gasteiger partial charge in [-0.15, -0.1) is 0 Å². The number of anilines is 1. The van der Waals surface area contributed by atoms with Crippen molar-refractivity contribution in [1.82, 2.24) is 5.32 Å². The van der Waals surface area contributed by atoms with Crippen LogP contribution in [0.25, 0.3) is 0 Å². The van der Waals surface area contributed by atoms with Gasteiger partial charge in [-0.25, -0.2) is 4.39 Å². The SMILES string of the molecule is CNC1CCC(C(C)C)CC1CN(C)c1cccc(F)c1. The molecule has 118 valence electrons. The van der Waals surface area contributed by atoms with Gasteiger partial charge in [0, 0.05) is 25.3 Å². The van der Waals surface area contributed by atoms with E-state index in [4.69, 9.17) is 0 Å². The summed E-state index contributed by atoms with van der Waals surface area (Å²) in [6, 6.07) is 7.48. The average Bonchev–Trinajstić information content (AvgIpc) is 2.47. The molecule has 0 spiro atoms. The summed E-state index contributed by atoms with van der Waals surface area (Å²) in [6.45, 7) is 5.65. The second-order valence-corrected chi connectivity index (χ2v) is 6.83. The predicted molar refractivity (Wildman–Crippen MR) is 88.2 cm³/mol. The molecule has 21 heavy (non-hydrogen) atoms. The molecule has 0 amide bonds. The van der Waals surface area contributed by atoms with Gasteiger partial charge in [0.2, 0.25) is 0 Å². The Hall–Kier alpha value is -1.09. The number of nitrogens with zero attached hydrogens (tertiary/aromatic N) is 1. The molecule has 1 aromatic carbocycles. The van der Waals surface area contributed by atoms with Crippen molar-refractivity contribution in [2.45, 2.75) is 39.2 Å². The molecule has 2 nitrogen and oxygen atoms in total. The molecule has 1 aromatic rings. The summed E-state index contributed by atoms with van der Waals surface area (Å²) in [4.78, 5) is 2.20. The van der Waals surface area contributed by atoms with Gasteiger partial charge in [0.05, 0.1) is 0 Å². The van der Waals surface area contributed by atoms with Crippen LogP contribution < -0.4 is 10.2 Å². The number of benzene rings is 1. The zero-order valence-corrected chi connectivity index (χ0v) is 13.8. The van der Waals surface area contributed by atoms with Gasteiger partial charge < -0.3 is 10.2 Å². The Kier molecular flexibility index (Phi) is 5.63. The van der Waals surface area contributed by atoms with E-state index in [9.17, 15) is 4.39 Å². The summed E-state index contributed by atoms with van der Waals surface area (Å²) < 4.78 is 13.4. The lowest BCUT2D eigenvalue weighted by molar-refractivity contribution is 0.177. The average molecular weight is 292 g/mol. The van der Waals surface area contributed by atoms with Crippen molar-refractivity contribution >= 4 is 5.69 Å². The lowest BCUT2D eigenvalue weighted by Gasteiger charge is -2.40. The highest BCUT2D eigenvalue weighted by Crippen LogP contribution is 2.34. The Labute approximate surface area is 128 Å². The van der Waals surface area contributed by atoms with E-state index < -0.39 is 0 Å². The maximum atomic E-state index is 13.4. The quantitative estimate of drug-likeness (QED) is 0.885. The van der Waals surface area contributed by atoms with Crippen LogP contribution in [0.2, 0.25) is 0 Å². The van der Waals surface area contributed by atoms with E-state index in [1.165, 1.54) is 25.3 Å². The lowest BCUT2D eigenvalue weighted by Crippen LogP contribution is -2.44. The van der Waals surface area contributed by atoms with Crippen molar-refractivity contribution in [3.05, 3.63) is 30.1 Å². The van der Waals surface area contributed by atoms with Crippen LogP contribution in [0.15, 0.2) is 24.3 Å². The van der Waals surface area contributed by atoms with E-state index in [0.29, 0.717) is 12.0 Å². The molecular formula is C18H29FN2. The molecule has 1 aliphatic carbocycles. The molecule has 0 saturated heterocycles. The minimum atomic E-state index is -0.159. The van der Waals surface area contributed by atoms with Crippen molar-refractivity contribution in [3.63, 3.8) is 0 Å². The second-order valence-electron chi connectivity index (χ2n) is 6.83. The number of hydrogen-bond donors (Lipinski definition) is 1. The molecule has 3 atom stereocenters. The molecule has 1 saturated carbocycles. The summed E-state index contributed by atoms with van der Waals surface area (Å²) in [5, 5.41) is 3.48. The van der Waals surface area contributed by atoms with E-state index in [2.05, 4.69) is 38.2 Å². The van der Waals surface area contributed by atoms with Crippen LogP contribution in [0.5, 0.6) is 0 Å². The molecule has 1 fully saturated rings. The van der Waals surface area contributed by atoms with E-state index >= 15 is 0 Å². The first-order chi connectivity index (χ1) is 10.0. The first-order valence-corrected chi connectivity index (χ1v) is 8.15. The van der Waals surface area contributed by atoms with Gasteiger partial charge in [-0.1, -0.05) is 19.9 Å². The van der Waals surface area contributed by atoms with E-state index in [1.807, 2.05) is 6.07 Å². The van der Waals surface area contributed by atoms with Crippen LogP contribution in [0, 0.1) is 23.6 Å². The first-order valence-electron chi connectivity index (χ1n) is 8.15. The van der Waals surface area contributed by atoms with Gasteiger partial charge in [0.1, 0.15) is 5.82 Å². The lowest BCUT2D eigenvalue weighted by atomic mass is 9.73. The highest BCUT2D eigenvalue weighted by Gasteiger charge is 2.31. The monoisotopic (exact) mass is 292 g/mol. The standard InChI is InChI=1S/C18H29FN2/c1-13(2)14-8-9-18(20-3)15(10-14)12-21(4)17-7-5-6-16(19)11-17/h5-7,11,13-15,18,20H,8-10,12H2,1-4H3. The van der Waals surface area contributed by atoms with Crippen LogP contribution in [-0.2, 0) is 0 Å². The fourth-order valence-corrected chi connectivity index (χ4v) is 3.66. The zero-order valence-electron chi connectivity index (χ0n) is 13.8. The summed E-state index contributed by atoms with van der Waals surface area (Å²) in [7, 11) is 4.13. The van der Waals surface area contributed by atoms with Crippen LogP contribution in [0.1, 0.15) is 33.1 Å². The third-order valence-corrected chi connectivity index (χ3v) is 5.09. The fourth-order valence-electron chi connectivity index (χ4n) is 3.66. The predicted octanol–water partition coefficient (Wildman–Crippen LogP) is 3.92. The molecule has 0 aliphatic heterocycles. The van der Waals surface area contributed by atoms with Gasteiger partial charge in [0.25, 0.3) is 0 Å². The molecule has 0 bridgehead atoms. The molecule has 1 N–H and O–H groups in total. The van der Waals surface area contributed by atoms with Gasteiger partial charge in [-0.05, 0) is 62.3 Å². The second kappa shape index (κ2) is 7.26. The molecule has 2 rings (SSSR count). The fraction of sp³-hybridized carbons (Fsp3) is 0.667. The van der Waals surface area contributed by atoms with E-state index in [-0.39, 0.29) is 5.82 Å². The Bertz CT molecular complexity index is 447. The van der Waals surface area contributed by atoms with Crippen molar-refractivity contribution in [2.24, 2.45) is 17.8 Å². The van der Waals surface area contributed by atoms with E-state index in [1.54, 1.807) is 12.1 Å². The molecule has 0 heterocycles. The Morgan fingerprint density at radius 1 is 1.33 bits per heavy atom. The molecule has 0 radical (unpaired) electrons. The number of halogens is 1. The third kappa shape index (κ3) is 4.19. The van der Waals surface area contributed by atoms with Crippen LogP contribution >= 0.6 is 0 Å². The van der Waals surface area contributed by atoms with Crippen molar-refractivity contribution in [2.75, 3.05) is 25.5 Å². The van der Waals surface area contributed by atoms with Gasteiger partial charge in [-0.3, -0.25) is 0 Å². The first kappa shape index (κ1) is 16.3. The maximum Gasteiger partial charge on any atom is 0.125 e. The van der Waals surface area contributed by atoms with Crippen LogP contribution in [0.3, 0.4) is 0 Å². The Morgan fingerprint density at radius 2 is 2.10 bits per heavy atom. The molecule has 0 aromatic heterocycles. The van der Waals surface area contributed by atoms with Crippen LogP contribution in [0.4, 0.5) is 10.1 Å². The van der Waals surface area contributed by atoms with Crippen molar-refractivity contribution < 1.29 is 4.39 Å². The summed E-state index contributed by atoms with van der Waals surface area (Å²) in [5.74, 6) is 2.04. The van der Waals surface area contributed by atoms with Gasteiger partial charge >= 0.3 is 0 Å². The third-order valence-electron chi connectivity index (χ3n) is 5.09. The van der Waals surface area contributed by atoms with Gasteiger partial charge in [-0.2, -0.15) is 0 Å². The maximum absolute atomic E-state index is 13.4. The van der Waals surface area contributed by atoms with Gasteiger partial charge in [0.15, 0.2) is 0 Å². The minimum absolute atomic E-state index is 0.159. The zero-order chi connectivity index (χ0) is 15.4.